The van der Waals surface area contributed by atoms with Gasteiger partial charge in [-0.25, -0.2) is 0 Å². The molecule has 0 amide bonds. The van der Waals surface area contributed by atoms with Crippen LogP contribution in [0.5, 0.6) is 0 Å². The van der Waals surface area contributed by atoms with Crippen molar-refractivity contribution < 1.29 is 0 Å². The first-order valence-electron chi connectivity index (χ1n) is 5.18. The van der Waals surface area contributed by atoms with Crippen molar-refractivity contribution in [3.63, 3.8) is 0 Å². The van der Waals surface area contributed by atoms with Gasteiger partial charge in [0.25, 0.3) is 0 Å². The number of benzene rings is 1. The molecule has 76 valence electrons. The minimum absolute atomic E-state index is 0.972. The Kier molecular flexibility index (Phi) is 2.77. The Labute approximate surface area is 90.0 Å². The molecule has 0 atom stereocenters. The summed E-state index contributed by atoms with van der Waals surface area (Å²) in [5, 5.41) is 0. The van der Waals surface area contributed by atoms with Gasteiger partial charge in [0.05, 0.1) is 11.4 Å². The lowest BCUT2D eigenvalue weighted by Gasteiger charge is -2.04. The molecule has 0 fully saturated rings. The molecule has 0 bridgehead atoms. The van der Waals surface area contributed by atoms with Crippen molar-refractivity contribution in [1.29, 1.82) is 0 Å². The third kappa shape index (κ3) is 2.04. The van der Waals surface area contributed by atoms with Crippen molar-refractivity contribution >= 4 is 0 Å². The fraction of sp³-hybridized carbons (Fsp3) is 0.231. The Balaban J connectivity index is 2.42. The van der Waals surface area contributed by atoms with Gasteiger partial charge in [-0.3, -0.25) is 9.97 Å². The van der Waals surface area contributed by atoms with E-state index in [1.165, 1.54) is 5.56 Å². The van der Waals surface area contributed by atoms with Crippen molar-refractivity contribution in [2.24, 2.45) is 0 Å². The highest BCUT2D eigenvalue weighted by atomic mass is 14.8. The summed E-state index contributed by atoms with van der Waals surface area (Å²) in [7, 11) is 0. The average Bonchev–Trinajstić information content (AvgIpc) is 2.30. The predicted octanol–water partition coefficient (Wildman–Crippen LogP) is 3.01. The van der Waals surface area contributed by atoms with Gasteiger partial charge in [-0.1, -0.05) is 31.2 Å². The lowest BCUT2D eigenvalue weighted by Crippen LogP contribution is -1.90. The van der Waals surface area contributed by atoms with E-state index in [1.54, 1.807) is 12.4 Å². The van der Waals surface area contributed by atoms with Crippen LogP contribution >= 0.6 is 0 Å². The third-order valence-electron chi connectivity index (χ3n) is 2.52. The molecule has 1 aromatic heterocycles. The van der Waals surface area contributed by atoms with Crippen molar-refractivity contribution in [3.05, 3.63) is 47.9 Å². The average molecular weight is 198 g/mol. The topological polar surface area (TPSA) is 25.8 Å². The molecule has 0 saturated heterocycles. The fourth-order valence-electron chi connectivity index (χ4n) is 1.59. The second-order valence-corrected chi connectivity index (χ2v) is 3.54. The van der Waals surface area contributed by atoms with E-state index < -0.39 is 0 Å². The standard InChI is InChI=1S/C13H14N2/c1-3-11-4-6-12(7-5-11)13-10(2)14-8-9-15-13/h4-9H,3H2,1-2H3. The van der Waals surface area contributed by atoms with Crippen LogP contribution in [0.15, 0.2) is 36.7 Å². The molecule has 2 rings (SSSR count). The summed E-state index contributed by atoms with van der Waals surface area (Å²) in [6, 6.07) is 8.50. The van der Waals surface area contributed by atoms with Gasteiger partial charge < -0.3 is 0 Å². The summed E-state index contributed by atoms with van der Waals surface area (Å²) in [5.41, 5.74) is 4.43. The number of nitrogens with zero attached hydrogens (tertiary/aromatic N) is 2. The molecule has 0 unspecified atom stereocenters. The van der Waals surface area contributed by atoms with Crippen molar-refractivity contribution in [3.8, 4) is 11.3 Å². The quantitative estimate of drug-likeness (QED) is 0.741. The minimum atomic E-state index is 0.972. The normalized spacial score (nSPS) is 10.3. The van der Waals surface area contributed by atoms with E-state index >= 15 is 0 Å². The molecular formula is C13H14N2. The van der Waals surface area contributed by atoms with Gasteiger partial charge in [0, 0.05) is 18.0 Å². The first-order valence-corrected chi connectivity index (χ1v) is 5.18. The second-order valence-electron chi connectivity index (χ2n) is 3.54. The Hall–Kier alpha value is -1.70. The molecule has 2 heteroatoms. The number of aromatic nitrogens is 2. The lowest BCUT2D eigenvalue weighted by atomic mass is 10.1. The van der Waals surface area contributed by atoms with Gasteiger partial charge in [-0.05, 0) is 18.9 Å². The van der Waals surface area contributed by atoms with Crippen LogP contribution in [0.4, 0.5) is 0 Å². The van der Waals surface area contributed by atoms with E-state index in [0.29, 0.717) is 0 Å². The predicted molar refractivity (Wildman–Crippen MR) is 61.6 cm³/mol. The van der Waals surface area contributed by atoms with Gasteiger partial charge in [0.1, 0.15) is 0 Å². The van der Waals surface area contributed by atoms with Crippen molar-refractivity contribution in [2.75, 3.05) is 0 Å². The minimum Gasteiger partial charge on any atom is -0.258 e. The number of hydrogen-bond donors (Lipinski definition) is 0. The summed E-state index contributed by atoms with van der Waals surface area (Å²) in [6.07, 6.45) is 4.52. The van der Waals surface area contributed by atoms with Crippen LogP contribution in [0.3, 0.4) is 0 Å². The maximum Gasteiger partial charge on any atom is 0.0914 e. The van der Waals surface area contributed by atoms with Crippen LogP contribution < -0.4 is 0 Å². The summed E-state index contributed by atoms with van der Waals surface area (Å²) in [5.74, 6) is 0. The summed E-state index contributed by atoms with van der Waals surface area (Å²) in [4.78, 5) is 8.58. The molecule has 0 aliphatic carbocycles. The van der Waals surface area contributed by atoms with Crippen LogP contribution in [0.2, 0.25) is 0 Å². The van der Waals surface area contributed by atoms with E-state index in [2.05, 4.69) is 41.2 Å². The molecule has 2 aromatic rings. The van der Waals surface area contributed by atoms with Gasteiger partial charge in [0.15, 0.2) is 0 Å². The Morgan fingerprint density at radius 1 is 1.00 bits per heavy atom. The molecule has 0 radical (unpaired) electrons. The molecule has 0 N–H and O–H groups in total. The number of hydrogen-bond acceptors (Lipinski definition) is 2. The van der Waals surface area contributed by atoms with Crippen LogP contribution in [0.1, 0.15) is 18.2 Å². The van der Waals surface area contributed by atoms with E-state index in [9.17, 15) is 0 Å². The highest BCUT2D eigenvalue weighted by Crippen LogP contribution is 2.19. The zero-order chi connectivity index (χ0) is 10.7. The van der Waals surface area contributed by atoms with Crippen LogP contribution in [0, 0.1) is 6.92 Å². The third-order valence-corrected chi connectivity index (χ3v) is 2.52. The number of rotatable bonds is 2. The molecule has 15 heavy (non-hydrogen) atoms. The van der Waals surface area contributed by atoms with Crippen LogP contribution in [-0.2, 0) is 6.42 Å². The SMILES string of the molecule is CCc1ccc(-c2nccnc2C)cc1. The summed E-state index contributed by atoms with van der Waals surface area (Å²) in [6.45, 7) is 4.14. The first-order chi connectivity index (χ1) is 7.31. The molecular weight excluding hydrogens is 184 g/mol. The molecule has 2 nitrogen and oxygen atoms in total. The molecule has 0 aliphatic heterocycles. The maximum absolute atomic E-state index is 4.34. The summed E-state index contributed by atoms with van der Waals surface area (Å²) >= 11 is 0. The smallest absolute Gasteiger partial charge is 0.0914 e. The van der Waals surface area contributed by atoms with Gasteiger partial charge in [-0.2, -0.15) is 0 Å². The molecule has 1 aromatic carbocycles. The Morgan fingerprint density at radius 3 is 2.27 bits per heavy atom. The summed E-state index contributed by atoms with van der Waals surface area (Å²) < 4.78 is 0. The van der Waals surface area contributed by atoms with E-state index in [1.807, 2.05) is 6.92 Å². The first kappa shape index (κ1) is 9.84. The highest BCUT2D eigenvalue weighted by Gasteiger charge is 2.02. The Bertz CT molecular complexity index is 446. The molecule has 0 aliphatic rings. The monoisotopic (exact) mass is 198 g/mol. The number of aryl methyl sites for hydroxylation is 2. The Morgan fingerprint density at radius 2 is 1.67 bits per heavy atom. The van der Waals surface area contributed by atoms with Gasteiger partial charge >= 0.3 is 0 Å². The second kappa shape index (κ2) is 4.22. The van der Waals surface area contributed by atoms with Gasteiger partial charge in [0.2, 0.25) is 0 Å². The zero-order valence-corrected chi connectivity index (χ0v) is 9.07. The largest absolute Gasteiger partial charge is 0.258 e. The van der Waals surface area contributed by atoms with E-state index in [0.717, 1.165) is 23.4 Å². The fourth-order valence-corrected chi connectivity index (χ4v) is 1.59. The van der Waals surface area contributed by atoms with Crippen molar-refractivity contribution in [1.82, 2.24) is 9.97 Å². The maximum atomic E-state index is 4.34. The van der Waals surface area contributed by atoms with E-state index in [-0.39, 0.29) is 0 Å². The zero-order valence-electron chi connectivity index (χ0n) is 9.07. The van der Waals surface area contributed by atoms with Crippen molar-refractivity contribution in [2.45, 2.75) is 20.3 Å². The highest BCUT2D eigenvalue weighted by molar-refractivity contribution is 5.61. The molecule has 1 heterocycles. The van der Waals surface area contributed by atoms with Crippen LogP contribution in [0.25, 0.3) is 11.3 Å². The lowest BCUT2D eigenvalue weighted by molar-refractivity contribution is 1.12. The van der Waals surface area contributed by atoms with Crippen LogP contribution in [-0.4, -0.2) is 9.97 Å². The molecule has 0 saturated carbocycles. The van der Waals surface area contributed by atoms with E-state index in [4.69, 9.17) is 0 Å². The molecule has 0 spiro atoms. The van der Waals surface area contributed by atoms with Gasteiger partial charge in [-0.15, -0.1) is 0 Å².